The van der Waals surface area contributed by atoms with Gasteiger partial charge < -0.3 is 15.3 Å². The molecule has 4 heteroatoms. The molecule has 0 heterocycles. The van der Waals surface area contributed by atoms with Crippen molar-refractivity contribution in [3.8, 4) is 11.8 Å². The van der Waals surface area contributed by atoms with E-state index in [9.17, 15) is 15.0 Å². The van der Waals surface area contributed by atoms with Crippen molar-refractivity contribution in [3.63, 3.8) is 0 Å². The first-order valence-electron chi connectivity index (χ1n) is 9.76. The molecule has 2 rings (SSSR count). The zero-order chi connectivity index (χ0) is 19.1. The Balaban J connectivity index is 1.89. The van der Waals surface area contributed by atoms with Crippen molar-refractivity contribution in [1.82, 2.24) is 0 Å². The minimum absolute atomic E-state index is 0.0845. The number of carboxylic acid groups (broad SMARTS) is 1. The Kier molecular flexibility index (Phi) is 7.93. The summed E-state index contributed by atoms with van der Waals surface area (Å²) in [7, 11) is 0. The molecule has 0 unspecified atom stereocenters. The summed E-state index contributed by atoms with van der Waals surface area (Å²) in [4.78, 5) is 10.6. The number of hydrogen-bond donors (Lipinski definition) is 3. The average molecular weight is 360 g/mol. The molecule has 26 heavy (non-hydrogen) atoms. The molecule has 0 aliphatic heterocycles. The summed E-state index contributed by atoms with van der Waals surface area (Å²) < 4.78 is 0. The van der Waals surface area contributed by atoms with Crippen molar-refractivity contribution in [1.29, 1.82) is 0 Å². The van der Waals surface area contributed by atoms with Gasteiger partial charge in [-0.25, -0.2) is 0 Å². The predicted molar refractivity (Wildman–Crippen MR) is 102 cm³/mol. The molecule has 0 saturated heterocycles. The Morgan fingerprint density at radius 2 is 2.15 bits per heavy atom. The lowest BCUT2D eigenvalue weighted by atomic mass is 9.89. The van der Waals surface area contributed by atoms with Crippen molar-refractivity contribution in [2.75, 3.05) is 0 Å². The van der Waals surface area contributed by atoms with E-state index in [4.69, 9.17) is 5.11 Å². The van der Waals surface area contributed by atoms with Crippen LogP contribution in [0.4, 0.5) is 0 Å². The van der Waals surface area contributed by atoms with Crippen molar-refractivity contribution in [2.45, 2.75) is 71.0 Å². The van der Waals surface area contributed by atoms with Crippen LogP contribution in [0.3, 0.4) is 0 Å². The molecule has 2 aliphatic carbocycles. The van der Waals surface area contributed by atoms with Crippen molar-refractivity contribution in [3.05, 3.63) is 23.8 Å². The molecule has 0 aromatic carbocycles. The van der Waals surface area contributed by atoms with E-state index < -0.39 is 12.1 Å². The van der Waals surface area contributed by atoms with E-state index in [2.05, 4.69) is 17.9 Å². The largest absolute Gasteiger partial charge is 0.481 e. The second-order valence-electron chi connectivity index (χ2n) is 7.84. The number of fused-ring (bicyclic) bond motifs is 1. The van der Waals surface area contributed by atoms with Gasteiger partial charge in [0, 0.05) is 18.8 Å². The lowest BCUT2D eigenvalue weighted by Gasteiger charge is -2.19. The van der Waals surface area contributed by atoms with E-state index in [0.717, 1.165) is 25.7 Å². The van der Waals surface area contributed by atoms with Crippen LogP contribution >= 0.6 is 0 Å². The molecule has 3 N–H and O–H groups in total. The highest BCUT2D eigenvalue weighted by Crippen LogP contribution is 2.50. The summed E-state index contributed by atoms with van der Waals surface area (Å²) in [6.45, 7) is 3.79. The van der Waals surface area contributed by atoms with E-state index in [1.807, 2.05) is 19.1 Å². The Labute approximate surface area is 157 Å². The van der Waals surface area contributed by atoms with Crippen molar-refractivity contribution >= 4 is 5.97 Å². The molecule has 6 atom stereocenters. The van der Waals surface area contributed by atoms with E-state index in [-0.39, 0.29) is 24.4 Å². The van der Waals surface area contributed by atoms with Gasteiger partial charge in [0.2, 0.25) is 0 Å². The van der Waals surface area contributed by atoms with Crippen LogP contribution in [0.5, 0.6) is 0 Å². The van der Waals surface area contributed by atoms with Crippen LogP contribution in [0.1, 0.15) is 58.8 Å². The third-order valence-corrected chi connectivity index (χ3v) is 5.85. The first-order valence-corrected chi connectivity index (χ1v) is 9.76. The highest BCUT2D eigenvalue weighted by atomic mass is 16.4. The number of aliphatic carboxylic acids is 1. The zero-order valence-corrected chi connectivity index (χ0v) is 15.9. The molecule has 4 nitrogen and oxygen atoms in total. The van der Waals surface area contributed by atoms with Crippen LogP contribution in [0.25, 0.3) is 0 Å². The molecule has 0 radical (unpaired) electrons. The Morgan fingerprint density at radius 3 is 2.85 bits per heavy atom. The SMILES string of the molecule is CC#CC[C@H](C)[C@@H](O)/C=C/[C@@H]1[C@@H]2C/C(=C\CCCC(=O)O)C[C@@H]2C[C@@H]1O. The number of carbonyl (C=O) groups is 1. The Bertz CT molecular complexity index is 595. The highest BCUT2D eigenvalue weighted by molar-refractivity contribution is 5.66. The monoisotopic (exact) mass is 360 g/mol. The summed E-state index contributed by atoms with van der Waals surface area (Å²) in [5.41, 5.74) is 1.41. The maximum Gasteiger partial charge on any atom is 0.303 e. The van der Waals surface area contributed by atoms with Gasteiger partial charge in [0.05, 0.1) is 12.2 Å². The standard InChI is InChI=1S/C22H32O4/c1-3-4-7-15(2)20(23)11-10-18-19-13-16(8-5-6-9-22(25)26)12-17(19)14-21(18)24/h8,10-11,15,17-21,23-24H,5-7,9,12-14H2,1-2H3,(H,25,26)/b11-10+,16-8-/t15-,17+,18+,19+,20-,21-/m0/s1. The number of allylic oxidation sites excluding steroid dienone is 2. The maximum absolute atomic E-state index is 10.6. The number of hydrogen-bond acceptors (Lipinski definition) is 3. The van der Waals surface area contributed by atoms with E-state index >= 15 is 0 Å². The first kappa shape index (κ1) is 20.7. The third kappa shape index (κ3) is 5.72. The fourth-order valence-electron chi connectivity index (χ4n) is 4.31. The summed E-state index contributed by atoms with van der Waals surface area (Å²) in [6, 6.07) is 0. The number of unbranched alkanes of at least 4 members (excludes halogenated alkanes) is 1. The van der Waals surface area contributed by atoms with Gasteiger partial charge in [0.25, 0.3) is 0 Å². The predicted octanol–water partition coefficient (Wildman–Crippen LogP) is 3.54. The molecule has 2 saturated carbocycles. The van der Waals surface area contributed by atoms with Gasteiger partial charge in [-0.3, -0.25) is 4.79 Å². The van der Waals surface area contributed by atoms with Crippen LogP contribution in [0.2, 0.25) is 0 Å². The van der Waals surface area contributed by atoms with Crippen LogP contribution in [-0.2, 0) is 4.79 Å². The van der Waals surface area contributed by atoms with Crippen LogP contribution < -0.4 is 0 Å². The van der Waals surface area contributed by atoms with Crippen LogP contribution in [0, 0.1) is 35.5 Å². The summed E-state index contributed by atoms with van der Waals surface area (Å²) in [5, 5.41) is 29.4. The van der Waals surface area contributed by atoms with E-state index in [1.165, 1.54) is 5.57 Å². The van der Waals surface area contributed by atoms with Gasteiger partial charge in [0.15, 0.2) is 0 Å². The lowest BCUT2D eigenvalue weighted by Crippen LogP contribution is -2.19. The number of aliphatic hydroxyl groups excluding tert-OH is 2. The quantitative estimate of drug-likeness (QED) is 0.351. The molecule has 0 amide bonds. The normalized spacial score (nSPS) is 31.6. The molecule has 2 fully saturated rings. The first-order chi connectivity index (χ1) is 12.4. The molecule has 0 bridgehead atoms. The van der Waals surface area contributed by atoms with Gasteiger partial charge in [-0.1, -0.05) is 30.7 Å². The third-order valence-electron chi connectivity index (χ3n) is 5.85. The van der Waals surface area contributed by atoms with E-state index in [1.54, 1.807) is 6.92 Å². The molecule has 2 aliphatic rings. The second kappa shape index (κ2) is 9.94. The topological polar surface area (TPSA) is 77.8 Å². The number of rotatable bonds is 8. The number of aliphatic hydroxyl groups is 2. The van der Waals surface area contributed by atoms with Crippen LogP contribution in [-0.4, -0.2) is 33.5 Å². The minimum Gasteiger partial charge on any atom is -0.481 e. The molecule has 0 spiro atoms. The van der Waals surface area contributed by atoms with Gasteiger partial charge >= 0.3 is 5.97 Å². The van der Waals surface area contributed by atoms with Gasteiger partial charge in [0.1, 0.15) is 0 Å². The lowest BCUT2D eigenvalue weighted by molar-refractivity contribution is -0.137. The molecular weight excluding hydrogens is 328 g/mol. The van der Waals surface area contributed by atoms with Gasteiger partial charge in [-0.05, 0) is 56.8 Å². The van der Waals surface area contributed by atoms with Gasteiger partial charge in [-0.2, -0.15) is 0 Å². The Hall–Kier alpha value is -1.57. The fourth-order valence-corrected chi connectivity index (χ4v) is 4.31. The van der Waals surface area contributed by atoms with Crippen molar-refractivity contribution < 1.29 is 20.1 Å². The molecule has 0 aromatic heterocycles. The average Bonchev–Trinajstić information content (AvgIpc) is 3.10. The Morgan fingerprint density at radius 1 is 1.38 bits per heavy atom. The minimum atomic E-state index is -0.738. The summed E-state index contributed by atoms with van der Waals surface area (Å²) in [6.07, 6.45) is 10.4. The number of carboxylic acids is 1. The van der Waals surface area contributed by atoms with Crippen LogP contribution in [0.15, 0.2) is 23.8 Å². The second-order valence-corrected chi connectivity index (χ2v) is 7.84. The smallest absolute Gasteiger partial charge is 0.303 e. The molecular formula is C22H32O4. The zero-order valence-electron chi connectivity index (χ0n) is 15.9. The highest BCUT2D eigenvalue weighted by Gasteiger charge is 2.44. The van der Waals surface area contributed by atoms with E-state index in [0.29, 0.717) is 24.7 Å². The molecule has 0 aromatic rings. The summed E-state index contributed by atoms with van der Waals surface area (Å²) in [5.74, 6) is 6.25. The van der Waals surface area contributed by atoms with Gasteiger partial charge in [-0.15, -0.1) is 11.8 Å². The maximum atomic E-state index is 10.6. The summed E-state index contributed by atoms with van der Waals surface area (Å²) >= 11 is 0. The fraction of sp³-hybridized carbons (Fsp3) is 0.682. The molecule has 144 valence electrons. The van der Waals surface area contributed by atoms with Crippen molar-refractivity contribution in [2.24, 2.45) is 23.7 Å².